The maximum Gasteiger partial charge on any atom is 0.407 e. The third-order valence-corrected chi connectivity index (χ3v) is 3.19. The van der Waals surface area contributed by atoms with Gasteiger partial charge in [-0.15, -0.1) is 0 Å². The number of aliphatic hydroxyl groups excluding tert-OH is 2. The molecule has 2 unspecified atom stereocenters. The monoisotopic (exact) mass is 367 g/mol. The van der Waals surface area contributed by atoms with Gasteiger partial charge < -0.3 is 25.0 Å². The lowest BCUT2D eigenvalue weighted by Gasteiger charge is -2.22. The minimum atomic E-state index is -1.29. The Kier molecular flexibility index (Phi) is 7.73. The van der Waals surface area contributed by atoms with Crippen molar-refractivity contribution in [2.75, 3.05) is 13.2 Å². The normalized spacial score (nSPS) is 13.5. The molecule has 0 fully saturated rings. The fourth-order valence-corrected chi connectivity index (χ4v) is 1.98. The highest BCUT2D eigenvalue weighted by Gasteiger charge is 2.22. The second-order valence-electron chi connectivity index (χ2n) is 6.57. The van der Waals surface area contributed by atoms with E-state index in [1.807, 2.05) is 0 Å². The first kappa shape index (κ1) is 21.6. The molecule has 3 N–H and O–H groups in total. The number of nitrogens with one attached hydrogen (secondary N) is 1. The number of alkyl carbamates (subject to hydrolysis) is 1. The molecule has 0 aliphatic heterocycles. The molecule has 0 aliphatic rings. The van der Waals surface area contributed by atoms with E-state index in [2.05, 4.69) is 10.1 Å². The van der Waals surface area contributed by atoms with Crippen LogP contribution in [-0.4, -0.2) is 52.9 Å². The summed E-state index contributed by atoms with van der Waals surface area (Å²) in [5.74, 6) is -1.75. The largest absolute Gasteiger partial charge is 0.460 e. The Hall–Kier alpha value is -2.45. The van der Waals surface area contributed by atoms with Crippen LogP contribution < -0.4 is 5.32 Å². The lowest BCUT2D eigenvalue weighted by atomic mass is 10.0. The van der Waals surface area contributed by atoms with Crippen molar-refractivity contribution in [1.82, 2.24) is 5.32 Å². The van der Waals surface area contributed by atoms with Crippen molar-refractivity contribution in [3.8, 4) is 0 Å². The van der Waals surface area contributed by atoms with E-state index in [1.54, 1.807) is 27.7 Å². The minimum Gasteiger partial charge on any atom is -0.460 e. The molecule has 8 nitrogen and oxygen atoms in total. The van der Waals surface area contributed by atoms with Crippen LogP contribution >= 0.6 is 0 Å². The van der Waals surface area contributed by atoms with Crippen LogP contribution in [0.2, 0.25) is 0 Å². The Morgan fingerprint density at radius 1 is 1.12 bits per heavy atom. The van der Waals surface area contributed by atoms with Gasteiger partial charge in [0.05, 0.1) is 6.61 Å². The molecule has 1 amide bonds. The summed E-state index contributed by atoms with van der Waals surface area (Å²) in [6.07, 6.45) is -3.29. The first-order valence-corrected chi connectivity index (χ1v) is 8.19. The second kappa shape index (κ2) is 9.30. The van der Waals surface area contributed by atoms with E-state index in [0.29, 0.717) is 5.56 Å². The number of hydrogen-bond donors (Lipinski definition) is 3. The van der Waals surface area contributed by atoms with E-state index in [9.17, 15) is 24.6 Å². The molecule has 1 aromatic carbocycles. The molecule has 0 radical (unpaired) electrons. The topological polar surface area (TPSA) is 122 Å². The average Bonchev–Trinajstić information content (AvgIpc) is 2.57. The van der Waals surface area contributed by atoms with Crippen LogP contribution in [0.15, 0.2) is 24.3 Å². The summed E-state index contributed by atoms with van der Waals surface area (Å²) in [6, 6.07) is 5.53. The summed E-state index contributed by atoms with van der Waals surface area (Å²) in [4.78, 5) is 34.8. The molecule has 8 heteroatoms. The number of carbonyl (C=O) groups is 3. The number of ether oxygens (including phenoxy) is 2. The summed E-state index contributed by atoms with van der Waals surface area (Å²) in [7, 11) is 0. The molecule has 0 aromatic heterocycles. The predicted molar refractivity (Wildman–Crippen MR) is 92.6 cm³/mol. The Balaban J connectivity index is 2.64. The van der Waals surface area contributed by atoms with Gasteiger partial charge in [0, 0.05) is 12.1 Å². The lowest BCUT2D eigenvalue weighted by molar-refractivity contribution is -0.137. The predicted octanol–water partition coefficient (Wildman–Crippen LogP) is 1.35. The van der Waals surface area contributed by atoms with Gasteiger partial charge in [-0.3, -0.25) is 4.79 Å². The number of esters is 1. The van der Waals surface area contributed by atoms with E-state index in [1.165, 1.54) is 24.3 Å². The van der Waals surface area contributed by atoms with Gasteiger partial charge in [0.25, 0.3) is 5.78 Å². The average molecular weight is 367 g/mol. The Bertz CT molecular complexity index is 634. The van der Waals surface area contributed by atoms with Crippen LogP contribution in [-0.2, 0) is 14.3 Å². The fourth-order valence-electron chi connectivity index (χ4n) is 1.98. The molecule has 0 saturated heterocycles. The second-order valence-corrected chi connectivity index (χ2v) is 6.57. The zero-order chi connectivity index (χ0) is 19.9. The number of amides is 1. The van der Waals surface area contributed by atoms with Gasteiger partial charge in [-0.1, -0.05) is 24.3 Å². The molecule has 0 bridgehead atoms. The van der Waals surface area contributed by atoms with E-state index < -0.39 is 35.7 Å². The van der Waals surface area contributed by atoms with Crippen molar-refractivity contribution in [1.29, 1.82) is 0 Å². The maximum atomic E-state index is 11.8. The third-order valence-electron chi connectivity index (χ3n) is 3.19. The summed E-state index contributed by atoms with van der Waals surface area (Å²) in [6.45, 7) is 6.58. The zero-order valence-corrected chi connectivity index (χ0v) is 15.3. The summed E-state index contributed by atoms with van der Waals surface area (Å²) in [5, 5.41) is 22.5. The highest BCUT2D eigenvalue weighted by atomic mass is 16.6. The van der Waals surface area contributed by atoms with Crippen molar-refractivity contribution >= 4 is 17.8 Å². The van der Waals surface area contributed by atoms with Gasteiger partial charge in [0.15, 0.2) is 0 Å². The third kappa shape index (κ3) is 6.81. The van der Waals surface area contributed by atoms with Crippen molar-refractivity contribution < 1.29 is 34.1 Å². The highest BCUT2D eigenvalue weighted by Crippen LogP contribution is 2.18. The highest BCUT2D eigenvalue weighted by molar-refractivity contribution is 6.40. The number of carbonyl (C=O) groups excluding carboxylic acids is 3. The Labute approximate surface area is 152 Å². The van der Waals surface area contributed by atoms with Crippen molar-refractivity contribution in [2.45, 2.75) is 45.5 Å². The number of rotatable bonds is 7. The number of benzene rings is 1. The van der Waals surface area contributed by atoms with Crippen LogP contribution in [0.25, 0.3) is 0 Å². The molecular weight excluding hydrogens is 342 g/mol. The van der Waals surface area contributed by atoms with E-state index in [-0.39, 0.29) is 18.7 Å². The smallest absolute Gasteiger partial charge is 0.407 e. The molecule has 1 aromatic rings. The van der Waals surface area contributed by atoms with Crippen LogP contribution in [0.5, 0.6) is 0 Å². The van der Waals surface area contributed by atoms with Crippen molar-refractivity contribution in [3.05, 3.63) is 35.4 Å². The van der Waals surface area contributed by atoms with Crippen LogP contribution in [0.3, 0.4) is 0 Å². The molecule has 0 heterocycles. The van der Waals surface area contributed by atoms with Gasteiger partial charge in [0.2, 0.25) is 0 Å². The van der Waals surface area contributed by atoms with E-state index in [0.717, 1.165) is 0 Å². The molecule has 144 valence electrons. The SMILES string of the molecule is CCOC(=O)C(=O)c1ccc(C(O)C(O)CNC(=O)OC(C)(C)C)cc1. The Morgan fingerprint density at radius 3 is 2.19 bits per heavy atom. The Morgan fingerprint density at radius 2 is 1.69 bits per heavy atom. The van der Waals surface area contributed by atoms with Gasteiger partial charge in [-0.2, -0.15) is 0 Å². The standard InChI is InChI=1S/C18H25NO7/c1-5-25-16(23)15(22)12-8-6-11(7-9-12)14(21)13(20)10-19-17(24)26-18(2,3)4/h6-9,13-14,20-21H,5,10H2,1-4H3,(H,19,24). The fraction of sp³-hybridized carbons (Fsp3) is 0.500. The molecule has 2 atom stereocenters. The molecule has 0 saturated carbocycles. The lowest BCUT2D eigenvalue weighted by Crippen LogP contribution is -2.38. The maximum absolute atomic E-state index is 11.8. The summed E-state index contributed by atoms with van der Waals surface area (Å²) in [5.41, 5.74) is -0.237. The van der Waals surface area contributed by atoms with Gasteiger partial charge in [-0.05, 0) is 33.3 Å². The van der Waals surface area contributed by atoms with Crippen molar-refractivity contribution in [3.63, 3.8) is 0 Å². The quantitative estimate of drug-likeness (QED) is 0.378. The van der Waals surface area contributed by atoms with E-state index >= 15 is 0 Å². The van der Waals surface area contributed by atoms with Crippen LogP contribution in [0.4, 0.5) is 4.79 Å². The summed E-state index contributed by atoms with van der Waals surface area (Å²) < 4.78 is 9.67. The van der Waals surface area contributed by atoms with Crippen LogP contribution in [0.1, 0.15) is 49.7 Å². The molecule has 0 aliphatic carbocycles. The van der Waals surface area contributed by atoms with E-state index in [4.69, 9.17) is 4.74 Å². The van der Waals surface area contributed by atoms with Crippen molar-refractivity contribution in [2.24, 2.45) is 0 Å². The minimum absolute atomic E-state index is 0.0954. The first-order valence-electron chi connectivity index (χ1n) is 8.19. The number of Topliss-reactive ketones (excluding diaryl/α,β-unsaturated/α-hetero) is 1. The van der Waals surface area contributed by atoms with Crippen LogP contribution in [0, 0.1) is 0 Å². The van der Waals surface area contributed by atoms with Gasteiger partial charge in [0.1, 0.15) is 17.8 Å². The molecule has 1 rings (SSSR count). The number of hydrogen-bond acceptors (Lipinski definition) is 7. The molecule has 0 spiro atoms. The number of aliphatic hydroxyl groups is 2. The van der Waals surface area contributed by atoms with Gasteiger partial charge in [-0.25, -0.2) is 9.59 Å². The zero-order valence-electron chi connectivity index (χ0n) is 15.3. The summed E-state index contributed by atoms with van der Waals surface area (Å²) >= 11 is 0. The first-order chi connectivity index (χ1) is 12.0. The molecular formula is C18H25NO7. The van der Waals surface area contributed by atoms with Gasteiger partial charge >= 0.3 is 12.1 Å². The number of ketones is 1. The molecule has 26 heavy (non-hydrogen) atoms.